The summed E-state index contributed by atoms with van der Waals surface area (Å²) < 4.78 is 1.31. The SMILES string of the molecule is CCCNC(=O)c1nn(C)cc1C(=O)O. The number of carboxylic acid groups (broad SMARTS) is 1. The number of carboxylic acids is 1. The third-order valence-corrected chi connectivity index (χ3v) is 1.81. The maximum atomic E-state index is 11.5. The van der Waals surface area contributed by atoms with E-state index in [-0.39, 0.29) is 11.3 Å². The van der Waals surface area contributed by atoms with Gasteiger partial charge in [0.05, 0.1) is 0 Å². The second kappa shape index (κ2) is 4.59. The summed E-state index contributed by atoms with van der Waals surface area (Å²) in [6.45, 7) is 2.42. The van der Waals surface area contributed by atoms with Gasteiger partial charge in [-0.05, 0) is 6.42 Å². The first-order valence-corrected chi connectivity index (χ1v) is 4.61. The number of hydrogen-bond acceptors (Lipinski definition) is 3. The number of aromatic carboxylic acids is 1. The quantitative estimate of drug-likeness (QED) is 0.748. The second-order valence-electron chi connectivity index (χ2n) is 3.13. The zero-order valence-corrected chi connectivity index (χ0v) is 8.65. The van der Waals surface area contributed by atoms with Crippen LogP contribution in [0.3, 0.4) is 0 Å². The van der Waals surface area contributed by atoms with E-state index in [1.165, 1.54) is 10.9 Å². The maximum Gasteiger partial charge on any atom is 0.339 e. The first kappa shape index (κ1) is 11.2. The topological polar surface area (TPSA) is 84.2 Å². The van der Waals surface area contributed by atoms with E-state index in [2.05, 4.69) is 10.4 Å². The van der Waals surface area contributed by atoms with Gasteiger partial charge in [0.25, 0.3) is 5.91 Å². The highest BCUT2D eigenvalue weighted by Crippen LogP contribution is 2.05. The van der Waals surface area contributed by atoms with E-state index in [1.807, 2.05) is 6.92 Å². The Morgan fingerprint density at radius 3 is 2.80 bits per heavy atom. The van der Waals surface area contributed by atoms with Crippen LogP contribution >= 0.6 is 0 Å². The Balaban J connectivity index is 2.92. The minimum atomic E-state index is -1.15. The molecule has 0 saturated heterocycles. The van der Waals surface area contributed by atoms with Gasteiger partial charge in [-0.15, -0.1) is 0 Å². The number of carbonyl (C=O) groups excluding carboxylic acids is 1. The predicted octanol–water partition coefficient (Wildman–Crippen LogP) is 0.258. The Labute approximate surface area is 86.9 Å². The van der Waals surface area contributed by atoms with Gasteiger partial charge in [0.1, 0.15) is 5.56 Å². The molecule has 6 nitrogen and oxygen atoms in total. The Morgan fingerprint density at radius 1 is 1.60 bits per heavy atom. The summed E-state index contributed by atoms with van der Waals surface area (Å²) in [5.74, 6) is -1.60. The van der Waals surface area contributed by atoms with Gasteiger partial charge in [-0.25, -0.2) is 4.79 Å². The van der Waals surface area contributed by atoms with Gasteiger partial charge in [0.15, 0.2) is 5.69 Å². The van der Waals surface area contributed by atoms with E-state index in [9.17, 15) is 9.59 Å². The van der Waals surface area contributed by atoms with Crippen molar-refractivity contribution in [2.24, 2.45) is 7.05 Å². The van der Waals surface area contributed by atoms with Crippen LogP contribution in [0.4, 0.5) is 0 Å². The molecule has 0 radical (unpaired) electrons. The number of rotatable bonds is 4. The summed E-state index contributed by atoms with van der Waals surface area (Å²) in [5.41, 5.74) is -0.121. The average molecular weight is 211 g/mol. The van der Waals surface area contributed by atoms with Crippen LogP contribution in [0.1, 0.15) is 34.2 Å². The largest absolute Gasteiger partial charge is 0.478 e. The molecular weight excluding hydrogens is 198 g/mol. The zero-order chi connectivity index (χ0) is 11.4. The smallest absolute Gasteiger partial charge is 0.339 e. The summed E-state index contributed by atoms with van der Waals surface area (Å²) in [7, 11) is 1.57. The van der Waals surface area contributed by atoms with Crippen molar-refractivity contribution in [2.75, 3.05) is 6.54 Å². The minimum Gasteiger partial charge on any atom is -0.478 e. The number of aromatic nitrogens is 2. The fourth-order valence-electron chi connectivity index (χ4n) is 1.13. The van der Waals surface area contributed by atoms with Crippen LogP contribution in [0, 0.1) is 0 Å². The van der Waals surface area contributed by atoms with Crippen molar-refractivity contribution in [1.29, 1.82) is 0 Å². The Hall–Kier alpha value is -1.85. The molecule has 0 fully saturated rings. The van der Waals surface area contributed by atoms with Gasteiger partial charge in [-0.3, -0.25) is 9.48 Å². The third-order valence-electron chi connectivity index (χ3n) is 1.81. The lowest BCUT2D eigenvalue weighted by molar-refractivity contribution is 0.0691. The molecule has 1 amide bonds. The highest BCUT2D eigenvalue weighted by Gasteiger charge is 2.20. The molecule has 1 aromatic rings. The van der Waals surface area contributed by atoms with Crippen molar-refractivity contribution in [3.8, 4) is 0 Å². The Morgan fingerprint density at radius 2 is 2.27 bits per heavy atom. The van der Waals surface area contributed by atoms with E-state index >= 15 is 0 Å². The van der Waals surface area contributed by atoms with Crippen molar-refractivity contribution < 1.29 is 14.7 Å². The first-order chi connectivity index (χ1) is 7.06. The van der Waals surface area contributed by atoms with Crippen molar-refractivity contribution in [1.82, 2.24) is 15.1 Å². The van der Waals surface area contributed by atoms with E-state index < -0.39 is 11.9 Å². The molecule has 0 saturated carbocycles. The number of aryl methyl sites for hydroxylation is 1. The molecule has 0 aliphatic rings. The molecule has 1 aromatic heterocycles. The molecule has 0 bridgehead atoms. The standard InChI is InChI=1S/C9H13N3O3/c1-3-4-10-8(13)7-6(9(14)15)5-12(2)11-7/h5H,3-4H2,1-2H3,(H,10,13)(H,14,15). The fourth-order valence-corrected chi connectivity index (χ4v) is 1.13. The molecule has 0 aromatic carbocycles. The molecule has 1 heterocycles. The highest BCUT2D eigenvalue weighted by atomic mass is 16.4. The zero-order valence-electron chi connectivity index (χ0n) is 8.65. The second-order valence-corrected chi connectivity index (χ2v) is 3.13. The predicted molar refractivity (Wildman–Crippen MR) is 52.8 cm³/mol. The van der Waals surface area contributed by atoms with Gasteiger partial charge >= 0.3 is 5.97 Å². The van der Waals surface area contributed by atoms with E-state index in [1.54, 1.807) is 7.05 Å². The number of nitrogens with one attached hydrogen (secondary N) is 1. The van der Waals surface area contributed by atoms with Crippen LogP contribution in [0.5, 0.6) is 0 Å². The lowest BCUT2D eigenvalue weighted by Crippen LogP contribution is -2.26. The van der Waals surface area contributed by atoms with Crippen molar-refractivity contribution in [2.45, 2.75) is 13.3 Å². The summed E-state index contributed by atoms with van der Waals surface area (Å²) in [6.07, 6.45) is 2.10. The summed E-state index contributed by atoms with van der Waals surface area (Å²) in [5, 5.41) is 15.2. The molecule has 1 rings (SSSR count). The molecule has 0 atom stereocenters. The number of amides is 1. The monoisotopic (exact) mass is 211 g/mol. The molecule has 0 spiro atoms. The molecule has 0 aliphatic carbocycles. The average Bonchev–Trinajstić information content (AvgIpc) is 2.57. The number of hydrogen-bond donors (Lipinski definition) is 2. The number of carbonyl (C=O) groups is 2. The van der Waals surface area contributed by atoms with Crippen LogP contribution in [-0.2, 0) is 7.05 Å². The lowest BCUT2D eigenvalue weighted by atomic mass is 10.2. The van der Waals surface area contributed by atoms with Crippen molar-refractivity contribution in [3.63, 3.8) is 0 Å². The molecule has 0 aliphatic heterocycles. The van der Waals surface area contributed by atoms with Gasteiger partial charge in [0.2, 0.25) is 0 Å². The van der Waals surface area contributed by atoms with Crippen molar-refractivity contribution in [3.05, 3.63) is 17.5 Å². The van der Waals surface area contributed by atoms with Crippen molar-refractivity contribution >= 4 is 11.9 Å². The van der Waals surface area contributed by atoms with Gasteiger partial charge in [-0.1, -0.05) is 6.92 Å². The Bertz CT molecular complexity index is 384. The molecule has 82 valence electrons. The number of nitrogens with zero attached hydrogens (tertiary/aromatic N) is 2. The molecular formula is C9H13N3O3. The summed E-state index contributed by atoms with van der Waals surface area (Å²) in [4.78, 5) is 22.3. The fraction of sp³-hybridized carbons (Fsp3) is 0.444. The molecule has 0 unspecified atom stereocenters. The van der Waals surface area contributed by atoms with Gasteiger partial charge in [0, 0.05) is 19.8 Å². The maximum absolute atomic E-state index is 11.5. The van der Waals surface area contributed by atoms with Crippen LogP contribution in [0.15, 0.2) is 6.20 Å². The summed E-state index contributed by atoms with van der Waals surface area (Å²) in [6, 6.07) is 0. The van der Waals surface area contributed by atoms with Crippen LogP contribution < -0.4 is 5.32 Å². The normalized spacial score (nSPS) is 10.0. The van der Waals surface area contributed by atoms with Gasteiger partial charge in [-0.2, -0.15) is 5.10 Å². The molecule has 6 heteroatoms. The summed E-state index contributed by atoms with van der Waals surface area (Å²) >= 11 is 0. The van der Waals surface area contributed by atoms with E-state index in [4.69, 9.17) is 5.11 Å². The van der Waals surface area contributed by atoms with E-state index in [0.29, 0.717) is 6.54 Å². The molecule has 2 N–H and O–H groups in total. The third kappa shape index (κ3) is 2.55. The molecule has 15 heavy (non-hydrogen) atoms. The Kier molecular flexibility index (Phi) is 3.43. The van der Waals surface area contributed by atoms with Crippen LogP contribution in [0.2, 0.25) is 0 Å². The lowest BCUT2D eigenvalue weighted by Gasteiger charge is -2.00. The first-order valence-electron chi connectivity index (χ1n) is 4.61. The highest BCUT2D eigenvalue weighted by molar-refractivity contribution is 6.03. The van der Waals surface area contributed by atoms with Gasteiger partial charge < -0.3 is 10.4 Å². The van der Waals surface area contributed by atoms with E-state index in [0.717, 1.165) is 6.42 Å². The van der Waals surface area contributed by atoms with Crippen LogP contribution in [0.25, 0.3) is 0 Å². The van der Waals surface area contributed by atoms with Crippen LogP contribution in [-0.4, -0.2) is 33.3 Å². The minimum absolute atomic E-state index is 0.0431.